The van der Waals surface area contributed by atoms with E-state index in [1.165, 1.54) is 18.0 Å². The number of nitrogens with one attached hydrogen (secondary N) is 1. The van der Waals surface area contributed by atoms with E-state index in [-0.39, 0.29) is 0 Å². The monoisotopic (exact) mass is 253 g/mol. The Bertz CT molecular complexity index is 323. The first kappa shape index (κ1) is 13.0. The van der Waals surface area contributed by atoms with Crippen molar-refractivity contribution in [3.8, 4) is 0 Å². The van der Waals surface area contributed by atoms with Crippen molar-refractivity contribution in [1.82, 2.24) is 15.2 Å². The van der Waals surface area contributed by atoms with Gasteiger partial charge in [0, 0.05) is 30.7 Å². The van der Waals surface area contributed by atoms with Gasteiger partial charge in [-0.3, -0.25) is 4.90 Å². The van der Waals surface area contributed by atoms with Gasteiger partial charge >= 0.3 is 0 Å². The average Bonchev–Trinajstić information content (AvgIpc) is 2.71. The van der Waals surface area contributed by atoms with Gasteiger partial charge in [-0.15, -0.1) is 11.3 Å². The van der Waals surface area contributed by atoms with E-state index in [1.807, 2.05) is 6.20 Å². The molecule has 0 saturated carbocycles. The minimum absolute atomic E-state index is 0.455. The molecule has 0 spiro atoms. The van der Waals surface area contributed by atoms with Crippen LogP contribution in [0.4, 0.5) is 0 Å². The predicted molar refractivity (Wildman–Crippen MR) is 73.3 cm³/mol. The van der Waals surface area contributed by atoms with E-state index >= 15 is 0 Å². The van der Waals surface area contributed by atoms with Crippen LogP contribution in [0.5, 0.6) is 0 Å². The zero-order chi connectivity index (χ0) is 12.3. The van der Waals surface area contributed by atoms with E-state index in [1.54, 1.807) is 11.3 Å². The zero-order valence-electron chi connectivity index (χ0n) is 11.0. The second-order valence-electron chi connectivity index (χ2n) is 5.20. The van der Waals surface area contributed by atoms with Crippen molar-refractivity contribution in [3.05, 3.63) is 16.6 Å². The van der Waals surface area contributed by atoms with Crippen LogP contribution in [0.1, 0.15) is 38.2 Å². The highest BCUT2D eigenvalue weighted by molar-refractivity contribution is 7.09. The van der Waals surface area contributed by atoms with E-state index in [0.29, 0.717) is 18.0 Å². The number of aromatic nitrogens is 1. The van der Waals surface area contributed by atoms with Gasteiger partial charge in [-0.1, -0.05) is 13.8 Å². The summed E-state index contributed by atoms with van der Waals surface area (Å²) >= 11 is 1.77. The van der Waals surface area contributed by atoms with Gasteiger partial charge in [-0.25, -0.2) is 4.98 Å². The molecule has 96 valence electrons. The fraction of sp³-hybridized carbons (Fsp3) is 0.769. The van der Waals surface area contributed by atoms with Gasteiger partial charge in [0.2, 0.25) is 0 Å². The second-order valence-corrected chi connectivity index (χ2v) is 6.13. The molecule has 17 heavy (non-hydrogen) atoms. The lowest BCUT2D eigenvalue weighted by Gasteiger charge is -2.30. The largest absolute Gasteiger partial charge is 0.312 e. The molecule has 0 radical (unpaired) electrons. The Balaban J connectivity index is 2.03. The van der Waals surface area contributed by atoms with Crippen LogP contribution >= 0.6 is 11.3 Å². The van der Waals surface area contributed by atoms with Gasteiger partial charge < -0.3 is 5.32 Å². The predicted octanol–water partition coefficient (Wildman–Crippen LogP) is 2.52. The molecule has 1 aliphatic rings. The van der Waals surface area contributed by atoms with E-state index in [4.69, 9.17) is 0 Å². The lowest BCUT2D eigenvalue weighted by atomic mass is 10.0. The van der Waals surface area contributed by atoms with Crippen LogP contribution in [0, 0.1) is 5.92 Å². The van der Waals surface area contributed by atoms with Crippen LogP contribution in [-0.2, 0) is 0 Å². The van der Waals surface area contributed by atoms with Crippen molar-refractivity contribution >= 4 is 11.3 Å². The lowest BCUT2D eigenvalue weighted by Crippen LogP contribution is -2.42. The normalized spacial score (nSPS) is 24.8. The number of hydrogen-bond acceptors (Lipinski definition) is 4. The van der Waals surface area contributed by atoms with E-state index in [0.717, 1.165) is 13.1 Å². The average molecular weight is 253 g/mol. The van der Waals surface area contributed by atoms with Crippen molar-refractivity contribution in [1.29, 1.82) is 0 Å². The van der Waals surface area contributed by atoms with Crippen LogP contribution in [0.15, 0.2) is 11.6 Å². The smallest absolute Gasteiger partial charge is 0.109 e. The van der Waals surface area contributed by atoms with Gasteiger partial charge in [0.15, 0.2) is 0 Å². The minimum atomic E-state index is 0.455. The van der Waals surface area contributed by atoms with Gasteiger partial charge in [0.1, 0.15) is 5.01 Å². The summed E-state index contributed by atoms with van der Waals surface area (Å²) in [6, 6.07) is 1.07. The molecular weight excluding hydrogens is 230 g/mol. The lowest BCUT2D eigenvalue weighted by molar-refractivity contribution is 0.192. The summed E-state index contributed by atoms with van der Waals surface area (Å²) in [5, 5.41) is 6.97. The summed E-state index contributed by atoms with van der Waals surface area (Å²) in [4.78, 5) is 7.02. The standard InChI is InChI=1S/C13H23N3S/c1-10(2)12-9-16(7-4-5-14-12)11(3)13-15-6-8-17-13/h6,8,10-12,14H,4-5,7,9H2,1-3H3. The van der Waals surface area contributed by atoms with E-state index < -0.39 is 0 Å². The first-order valence-corrected chi connectivity index (χ1v) is 7.43. The molecule has 1 aliphatic heterocycles. The van der Waals surface area contributed by atoms with E-state index in [9.17, 15) is 0 Å². The molecular formula is C13H23N3S. The Kier molecular flexibility index (Phi) is 4.54. The van der Waals surface area contributed by atoms with Crippen LogP contribution < -0.4 is 5.32 Å². The maximum absolute atomic E-state index is 4.45. The maximum atomic E-state index is 4.45. The summed E-state index contributed by atoms with van der Waals surface area (Å²) in [5.74, 6) is 0.694. The van der Waals surface area contributed by atoms with Gasteiger partial charge in [0.05, 0.1) is 6.04 Å². The highest BCUT2D eigenvalue weighted by Crippen LogP contribution is 2.24. The molecule has 2 unspecified atom stereocenters. The van der Waals surface area contributed by atoms with Crippen LogP contribution in [-0.4, -0.2) is 35.6 Å². The van der Waals surface area contributed by atoms with Crippen molar-refractivity contribution in [2.75, 3.05) is 19.6 Å². The highest BCUT2D eigenvalue weighted by Gasteiger charge is 2.25. The topological polar surface area (TPSA) is 28.2 Å². The number of thiazole rings is 1. The highest BCUT2D eigenvalue weighted by atomic mass is 32.1. The molecule has 0 aliphatic carbocycles. The zero-order valence-corrected chi connectivity index (χ0v) is 11.8. The Morgan fingerprint density at radius 3 is 2.94 bits per heavy atom. The van der Waals surface area contributed by atoms with Gasteiger partial charge in [0.25, 0.3) is 0 Å². The number of nitrogens with zero attached hydrogens (tertiary/aromatic N) is 2. The maximum Gasteiger partial charge on any atom is 0.109 e. The molecule has 3 nitrogen and oxygen atoms in total. The summed E-state index contributed by atoms with van der Waals surface area (Å²) in [6.07, 6.45) is 3.14. The molecule has 2 rings (SSSR count). The Morgan fingerprint density at radius 2 is 2.29 bits per heavy atom. The molecule has 2 atom stereocenters. The van der Waals surface area contributed by atoms with Crippen molar-refractivity contribution in [2.45, 2.75) is 39.3 Å². The number of rotatable bonds is 3. The third-order valence-corrected chi connectivity index (χ3v) is 4.57. The van der Waals surface area contributed by atoms with Gasteiger partial charge in [-0.05, 0) is 25.8 Å². The molecule has 4 heteroatoms. The third-order valence-electron chi connectivity index (χ3n) is 3.62. The molecule has 0 bridgehead atoms. The molecule has 2 heterocycles. The fourth-order valence-corrected chi connectivity index (χ4v) is 3.10. The second kappa shape index (κ2) is 5.94. The van der Waals surface area contributed by atoms with Crippen LogP contribution in [0.3, 0.4) is 0 Å². The van der Waals surface area contributed by atoms with Crippen molar-refractivity contribution < 1.29 is 0 Å². The first-order chi connectivity index (χ1) is 8.18. The summed E-state index contributed by atoms with van der Waals surface area (Å²) < 4.78 is 0. The summed E-state index contributed by atoms with van der Waals surface area (Å²) in [5.41, 5.74) is 0. The SMILES string of the molecule is CC(C)C1CN(C(C)c2nccs2)CCCN1. The fourth-order valence-electron chi connectivity index (χ4n) is 2.37. The Morgan fingerprint density at radius 1 is 1.47 bits per heavy atom. The van der Waals surface area contributed by atoms with E-state index in [2.05, 4.69) is 41.4 Å². The quantitative estimate of drug-likeness (QED) is 0.897. The molecule has 0 aromatic carbocycles. The van der Waals surface area contributed by atoms with Crippen LogP contribution in [0.25, 0.3) is 0 Å². The molecule has 1 fully saturated rings. The Hall–Kier alpha value is -0.450. The van der Waals surface area contributed by atoms with Crippen molar-refractivity contribution in [3.63, 3.8) is 0 Å². The first-order valence-electron chi connectivity index (χ1n) is 6.55. The van der Waals surface area contributed by atoms with Crippen molar-refractivity contribution in [2.24, 2.45) is 5.92 Å². The Labute approximate surface area is 108 Å². The number of hydrogen-bond donors (Lipinski definition) is 1. The third kappa shape index (κ3) is 3.27. The molecule has 1 aromatic rings. The summed E-state index contributed by atoms with van der Waals surface area (Å²) in [7, 11) is 0. The molecule has 1 N–H and O–H groups in total. The molecule has 1 aromatic heterocycles. The van der Waals surface area contributed by atoms with Gasteiger partial charge in [-0.2, -0.15) is 0 Å². The molecule has 1 saturated heterocycles. The molecule has 0 amide bonds. The summed E-state index contributed by atoms with van der Waals surface area (Å²) in [6.45, 7) is 10.3. The minimum Gasteiger partial charge on any atom is -0.312 e. The van der Waals surface area contributed by atoms with Crippen LogP contribution in [0.2, 0.25) is 0 Å².